The molecule has 3 atom stereocenters. The molecule has 0 unspecified atom stereocenters. The fraction of sp³-hybridized carbons (Fsp3) is 0.625. The summed E-state index contributed by atoms with van der Waals surface area (Å²) in [7, 11) is 3.85. The lowest BCUT2D eigenvalue weighted by Gasteiger charge is -2.32. The maximum absolute atomic E-state index is 13.7. The summed E-state index contributed by atoms with van der Waals surface area (Å²) in [6.07, 6.45) is 4.69. The van der Waals surface area contributed by atoms with Crippen molar-refractivity contribution in [1.82, 2.24) is 14.7 Å². The van der Waals surface area contributed by atoms with Gasteiger partial charge in [-0.3, -0.25) is 19.3 Å². The summed E-state index contributed by atoms with van der Waals surface area (Å²) in [5.41, 5.74) is 0.704. The summed E-state index contributed by atoms with van der Waals surface area (Å²) in [5, 5.41) is 0. The molecule has 6 heteroatoms. The Hall–Kier alpha value is -2.21. The molecule has 2 saturated heterocycles. The van der Waals surface area contributed by atoms with Crippen LogP contribution in [0.1, 0.15) is 49.7 Å². The van der Waals surface area contributed by atoms with Crippen LogP contribution in [0.15, 0.2) is 24.3 Å². The largest absolute Gasteiger partial charge is 0.339 e. The standard InChI is InChI=1S/C24H33N3O3/c1-17-7-4-5-10-20(17)24(14-21(28)26(23(24)30)12-11-25(2)3)15-22(29)27-16-18-8-6-9-19(27)13-18/h4-5,7,10,18-19H,6,8-9,11-16H2,1-3H3/t18-,19+,24+/m1/s1. The maximum Gasteiger partial charge on any atom is 0.240 e. The zero-order valence-electron chi connectivity index (χ0n) is 18.4. The second kappa shape index (κ2) is 8.14. The molecule has 162 valence electrons. The second-order valence-electron chi connectivity index (χ2n) is 9.64. The molecule has 1 aliphatic carbocycles. The molecule has 3 fully saturated rings. The number of fused-ring (bicyclic) bond motifs is 2. The third kappa shape index (κ3) is 3.66. The van der Waals surface area contributed by atoms with E-state index in [1.807, 2.05) is 55.1 Å². The predicted molar refractivity (Wildman–Crippen MR) is 115 cm³/mol. The minimum atomic E-state index is -1.08. The number of hydrogen-bond donors (Lipinski definition) is 0. The molecule has 6 nitrogen and oxygen atoms in total. The molecule has 1 aromatic carbocycles. The van der Waals surface area contributed by atoms with Gasteiger partial charge < -0.3 is 9.80 Å². The Balaban J connectivity index is 1.66. The van der Waals surface area contributed by atoms with Crippen molar-refractivity contribution in [3.8, 4) is 0 Å². The van der Waals surface area contributed by atoms with Crippen molar-refractivity contribution in [2.24, 2.45) is 5.92 Å². The third-order valence-electron chi connectivity index (χ3n) is 7.26. The van der Waals surface area contributed by atoms with Crippen LogP contribution >= 0.6 is 0 Å². The molecule has 0 radical (unpaired) electrons. The molecule has 3 amide bonds. The van der Waals surface area contributed by atoms with Crippen LogP contribution < -0.4 is 0 Å². The summed E-state index contributed by atoms with van der Waals surface area (Å²) in [6.45, 7) is 3.75. The van der Waals surface area contributed by atoms with E-state index >= 15 is 0 Å². The number of nitrogens with zero attached hydrogens (tertiary/aromatic N) is 3. The van der Waals surface area contributed by atoms with Gasteiger partial charge in [0.15, 0.2) is 0 Å². The first-order valence-electron chi connectivity index (χ1n) is 11.2. The van der Waals surface area contributed by atoms with Gasteiger partial charge in [0.25, 0.3) is 0 Å². The summed E-state index contributed by atoms with van der Waals surface area (Å²) in [6, 6.07) is 8.03. The number of imide groups is 1. The van der Waals surface area contributed by atoms with Crippen LogP contribution in [0.5, 0.6) is 0 Å². The molecule has 30 heavy (non-hydrogen) atoms. The Labute approximate surface area is 179 Å². The van der Waals surface area contributed by atoms with Crippen LogP contribution in [0.4, 0.5) is 0 Å². The van der Waals surface area contributed by atoms with Crippen LogP contribution in [-0.2, 0) is 19.8 Å². The van der Waals surface area contributed by atoms with Gasteiger partial charge in [-0.2, -0.15) is 0 Å². The minimum absolute atomic E-state index is 0.0308. The highest BCUT2D eigenvalue weighted by Gasteiger charge is 2.55. The van der Waals surface area contributed by atoms with Crippen LogP contribution in [0.25, 0.3) is 0 Å². The molecule has 2 bridgehead atoms. The lowest BCUT2D eigenvalue weighted by atomic mass is 9.74. The molecule has 1 saturated carbocycles. The first-order chi connectivity index (χ1) is 14.3. The van der Waals surface area contributed by atoms with E-state index in [-0.39, 0.29) is 30.6 Å². The van der Waals surface area contributed by atoms with Crippen molar-refractivity contribution >= 4 is 17.7 Å². The van der Waals surface area contributed by atoms with Crippen molar-refractivity contribution in [2.75, 3.05) is 33.7 Å². The number of likely N-dealkylation sites (N-methyl/N-ethyl adjacent to an activating group) is 1. The predicted octanol–water partition coefficient (Wildman–Crippen LogP) is 2.34. The number of benzene rings is 1. The summed E-state index contributed by atoms with van der Waals surface area (Å²) >= 11 is 0. The Morgan fingerprint density at radius 1 is 1.20 bits per heavy atom. The Bertz CT molecular complexity index is 852. The number of rotatable bonds is 6. The normalized spacial score (nSPS) is 28.7. The highest BCUT2D eigenvalue weighted by molar-refractivity contribution is 6.11. The number of hydrogen-bond acceptors (Lipinski definition) is 4. The van der Waals surface area contributed by atoms with Gasteiger partial charge in [-0.15, -0.1) is 0 Å². The van der Waals surface area contributed by atoms with E-state index < -0.39 is 5.41 Å². The van der Waals surface area contributed by atoms with E-state index in [9.17, 15) is 14.4 Å². The number of carbonyl (C=O) groups is 3. The van der Waals surface area contributed by atoms with Gasteiger partial charge >= 0.3 is 0 Å². The van der Waals surface area contributed by atoms with Crippen molar-refractivity contribution in [1.29, 1.82) is 0 Å². The molecule has 0 spiro atoms. The maximum atomic E-state index is 13.7. The van der Waals surface area contributed by atoms with E-state index in [0.717, 1.165) is 30.5 Å². The fourth-order valence-electron chi connectivity index (χ4n) is 5.68. The third-order valence-corrected chi connectivity index (χ3v) is 7.26. The highest BCUT2D eigenvalue weighted by atomic mass is 16.2. The average molecular weight is 412 g/mol. The molecular formula is C24H33N3O3. The molecular weight excluding hydrogens is 378 g/mol. The number of carbonyl (C=O) groups excluding carboxylic acids is 3. The topological polar surface area (TPSA) is 60.9 Å². The quantitative estimate of drug-likeness (QED) is 0.674. The lowest BCUT2D eigenvalue weighted by Crippen LogP contribution is -2.45. The van der Waals surface area contributed by atoms with Gasteiger partial charge in [0, 0.05) is 38.5 Å². The van der Waals surface area contributed by atoms with E-state index in [1.165, 1.54) is 17.7 Å². The molecule has 4 rings (SSSR count). The Morgan fingerprint density at radius 3 is 2.67 bits per heavy atom. The SMILES string of the molecule is Cc1ccccc1[C@@]1(CC(=O)N2C[C@@H]3CCC[C@H]2C3)CC(=O)N(CCN(C)C)C1=O. The van der Waals surface area contributed by atoms with Gasteiger partial charge in [-0.05, 0) is 57.3 Å². The first-order valence-corrected chi connectivity index (χ1v) is 11.2. The fourth-order valence-corrected chi connectivity index (χ4v) is 5.68. The minimum Gasteiger partial charge on any atom is -0.339 e. The van der Waals surface area contributed by atoms with Gasteiger partial charge in [-0.1, -0.05) is 30.7 Å². The smallest absolute Gasteiger partial charge is 0.240 e. The van der Waals surface area contributed by atoms with E-state index in [2.05, 4.69) is 0 Å². The van der Waals surface area contributed by atoms with Crippen LogP contribution in [0, 0.1) is 12.8 Å². The molecule has 0 aromatic heterocycles. The lowest BCUT2D eigenvalue weighted by molar-refractivity contribution is -0.143. The van der Waals surface area contributed by atoms with Gasteiger partial charge in [-0.25, -0.2) is 0 Å². The first kappa shape index (κ1) is 21.0. The van der Waals surface area contributed by atoms with Crippen molar-refractivity contribution in [3.05, 3.63) is 35.4 Å². The van der Waals surface area contributed by atoms with Crippen LogP contribution in [0.3, 0.4) is 0 Å². The summed E-state index contributed by atoms with van der Waals surface area (Å²) < 4.78 is 0. The molecule has 2 aliphatic heterocycles. The monoisotopic (exact) mass is 411 g/mol. The number of likely N-dealkylation sites (tertiary alicyclic amines) is 2. The summed E-state index contributed by atoms with van der Waals surface area (Å²) in [5.74, 6) is 0.250. The van der Waals surface area contributed by atoms with E-state index in [1.54, 1.807) is 0 Å². The highest BCUT2D eigenvalue weighted by Crippen LogP contribution is 2.43. The van der Waals surface area contributed by atoms with Gasteiger partial charge in [0.1, 0.15) is 0 Å². The van der Waals surface area contributed by atoms with Crippen molar-refractivity contribution in [2.45, 2.75) is 56.9 Å². The molecule has 3 aliphatic rings. The molecule has 0 N–H and O–H groups in total. The van der Waals surface area contributed by atoms with E-state index in [4.69, 9.17) is 0 Å². The molecule has 1 aromatic rings. The van der Waals surface area contributed by atoms with E-state index in [0.29, 0.717) is 25.0 Å². The van der Waals surface area contributed by atoms with Crippen molar-refractivity contribution < 1.29 is 14.4 Å². The Morgan fingerprint density at radius 2 is 1.97 bits per heavy atom. The average Bonchev–Trinajstić information content (AvgIpc) is 3.13. The van der Waals surface area contributed by atoms with Crippen molar-refractivity contribution in [3.63, 3.8) is 0 Å². The van der Waals surface area contributed by atoms with Crippen LogP contribution in [0.2, 0.25) is 0 Å². The Kier molecular flexibility index (Phi) is 5.71. The zero-order valence-corrected chi connectivity index (χ0v) is 18.4. The zero-order chi connectivity index (χ0) is 21.5. The van der Waals surface area contributed by atoms with Gasteiger partial charge in [0.2, 0.25) is 17.7 Å². The number of amides is 3. The van der Waals surface area contributed by atoms with Gasteiger partial charge in [0.05, 0.1) is 5.41 Å². The van der Waals surface area contributed by atoms with Crippen LogP contribution in [-0.4, -0.2) is 72.2 Å². The molecule has 2 heterocycles. The second-order valence-corrected chi connectivity index (χ2v) is 9.64. The number of aryl methyl sites for hydroxylation is 1. The summed E-state index contributed by atoms with van der Waals surface area (Å²) in [4.78, 5) is 45.5.